The van der Waals surface area contributed by atoms with Crippen molar-refractivity contribution in [1.82, 2.24) is 10.6 Å². The Bertz CT molecular complexity index is 260. The maximum absolute atomic E-state index is 11.3. The number of carboxylic acid groups (broad SMARTS) is 1. The van der Waals surface area contributed by atoms with Crippen molar-refractivity contribution in [3.05, 3.63) is 0 Å². The van der Waals surface area contributed by atoms with E-state index < -0.39 is 5.97 Å². The van der Waals surface area contributed by atoms with Gasteiger partial charge in [-0.3, -0.25) is 4.79 Å². The Hall–Kier alpha value is -1.26. The third kappa shape index (κ3) is 5.06. The molecule has 1 fully saturated rings. The first-order chi connectivity index (χ1) is 8.13. The fourth-order valence-electron chi connectivity index (χ4n) is 2.15. The Labute approximate surface area is 102 Å². The number of carbonyl (C=O) groups excluding carboxylic acids is 1. The lowest BCUT2D eigenvalue weighted by Gasteiger charge is -2.26. The summed E-state index contributed by atoms with van der Waals surface area (Å²) in [5.74, 6) is -0.435. The second-order valence-electron chi connectivity index (χ2n) is 4.69. The Kier molecular flexibility index (Phi) is 5.80. The second-order valence-corrected chi connectivity index (χ2v) is 4.69. The smallest absolute Gasteiger partial charge is 0.314 e. The van der Waals surface area contributed by atoms with Gasteiger partial charge in [0.1, 0.15) is 0 Å². The molecular weight excluding hydrogens is 220 g/mol. The maximum Gasteiger partial charge on any atom is 0.314 e. The summed E-state index contributed by atoms with van der Waals surface area (Å²) in [6.07, 6.45) is 4.18. The summed E-state index contributed by atoms with van der Waals surface area (Å²) >= 11 is 0. The van der Waals surface area contributed by atoms with Crippen LogP contribution in [0.1, 0.15) is 39.0 Å². The van der Waals surface area contributed by atoms with Gasteiger partial charge in [-0.05, 0) is 38.0 Å². The lowest BCUT2D eigenvalue weighted by atomic mass is 9.82. The third-order valence-electron chi connectivity index (χ3n) is 3.28. The van der Waals surface area contributed by atoms with E-state index in [1.165, 1.54) is 0 Å². The van der Waals surface area contributed by atoms with E-state index in [9.17, 15) is 9.59 Å². The van der Waals surface area contributed by atoms with Crippen molar-refractivity contribution >= 4 is 12.0 Å². The number of nitrogens with one attached hydrogen (secondary N) is 2. The fourth-order valence-corrected chi connectivity index (χ4v) is 2.15. The van der Waals surface area contributed by atoms with Gasteiger partial charge in [-0.15, -0.1) is 0 Å². The number of aliphatic carboxylic acids is 1. The van der Waals surface area contributed by atoms with E-state index in [-0.39, 0.29) is 11.9 Å². The quantitative estimate of drug-likeness (QED) is 0.685. The van der Waals surface area contributed by atoms with Gasteiger partial charge in [-0.25, -0.2) is 4.79 Å². The van der Waals surface area contributed by atoms with Gasteiger partial charge in [0, 0.05) is 13.1 Å². The fraction of sp³-hybridized carbons (Fsp3) is 0.833. The minimum absolute atomic E-state index is 0.118. The highest BCUT2D eigenvalue weighted by molar-refractivity contribution is 5.73. The summed E-state index contributed by atoms with van der Waals surface area (Å²) in [7, 11) is 0. The van der Waals surface area contributed by atoms with E-state index in [1.807, 2.05) is 6.92 Å². The Morgan fingerprint density at radius 2 is 1.82 bits per heavy atom. The molecule has 0 radical (unpaired) electrons. The highest BCUT2D eigenvalue weighted by Crippen LogP contribution is 2.28. The van der Waals surface area contributed by atoms with Crippen molar-refractivity contribution in [2.45, 2.75) is 39.0 Å². The Morgan fingerprint density at radius 3 is 2.35 bits per heavy atom. The first kappa shape index (κ1) is 13.8. The van der Waals surface area contributed by atoms with Crippen molar-refractivity contribution in [2.75, 3.05) is 13.1 Å². The van der Waals surface area contributed by atoms with Gasteiger partial charge in [0.2, 0.25) is 0 Å². The molecule has 17 heavy (non-hydrogen) atoms. The number of carboxylic acids is 1. The summed E-state index contributed by atoms with van der Waals surface area (Å²) in [5, 5.41) is 14.4. The highest BCUT2D eigenvalue weighted by atomic mass is 16.4. The summed E-state index contributed by atoms with van der Waals surface area (Å²) in [5.41, 5.74) is 0. The first-order valence-corrected chi connectivity index (χ1v) is 6.38. The van der Waals surface area contributed by atoms with Gasteiger partial charge < -0.3 is 15.7 Å². The van der Waals surface area contributed by atoms with Crippen LogP contribution in [-0.2, 0) is 4.79 Å². The molecule has 0 aliphatic heterocycles. The SMILES string of the molecule is CCCNC(=O)NCC1CCC(C(=O)O)CC1. The molecule has 1 rings (SSSR count). The zero-order valence-corrected chi connectivity index (χ0v) is 10.4. The molecule has 0 unspecified atom stereocenters. The van der Waals surface area contributed by atoms with E-state index in [1.54, 1.807) is 0 Å². The zero-order valence-electron chi connectivity index (χ0n) is 10.4. The van der Waals surface area contributed by atoms with E-state index in [0.717, 1.165) is 32.1 Å². The van der Waals surface area contributed by atoms with Crippen LogP contribution in [0.3, 0.4) is 0 Å². The summed E-state index contributed by atoms with van der Waals surface area (Å²) in [4.78, 5) is 22.1. The molecule has 0 bridgehead atoms. The molecule has 0 atom stereocenters. The van der Waals surface area contributed by atoms with E-state index in [2.05, 4.69) is 10.6 Å². The van der Waals surface area contributed by atoms with Crippen molar-refractivity contribution in [2.24, 2.45) is 11.8 Å². The van der Waals surface area contributed by atoms with Crippen LogP contribution < -0.4 is 10.6 Å². The average Bonchev–Trinajstić information content (AvgIpc) is 2.34. The van der Waals surface area contributed by atoms with E-state index >= 15 is 0 Å². The largest absolute Gasteiger partial charge is 0.481 e. The average molecular weight is 242 g/mol. The van der Waals surface area contributed by atoms with Crippen LogP contribution in [0.15, 0.2) is 0 Å². The third-order valence-corrected chi connectivity index (χ3v) is 3.28. The van der Waals surface area contributed by atoms with Crippen LogP contribution in [0.2, 0.25) is 0 Å². The number of amides is 2. The second kappa shape index (κ2) is 7.14. The van der Waals surface area contributed by atoms with Gasteiger partial charge >= 0.3 is 12.0 Å². The molecule has 2 amide bonds. The number of hydrogen-bond acceptors (Lipinski definition) is 2. The molecule has 0 saturated heterocycles. The molecule has 98 valence electrons. The molecule has 1 aliphatic carbocycles. The van der Waals surface area contributed by atoms with Gasteiger partial charge in [0.05, 0.1) is 5.92 Å². The van der Waals surface area contributed by atoms with Crippen LogP contribution in [0.25, 0.3) is 0 Å². The van der Waals surface area contributed by atoms with Crippen molar-refractivity contribution < 1.29 is 14.7 Å². The molecular formula is C12H22N2O3. The summed E-state index contributed by atoms with van der Waals surface area (Å²) in [6.45, 7) is 3.35. The van der Waals surface area contributed by atoms with Gasteiger partial charge in [-0.2, -0.15) is 0 Å². The molecule has 3 N–H and O–H groups in total. The minimum atomic E-state index is -0.683. The number of hydrogen-bond donors (Lipinski definition) is 3. The molecule has 1 saturated carbocycles. The van der Waals surface area contributed by atoms with Crippen molar-refractivity contribution in [1.29, 1.82) is 0 Å². The standard InChI is InChI=1S/C12H22N2O3/c1-2-7-13-12(17)14-8-9-3-5-10(6-4-9)11(15)16/h9-10H,2-8H2,1H3,(H,15,16)(H2,13,14,17). The predicted molar refractivity (Wildman–Crippen MR) is 64.8 cm³/mol. The summed E-state index contributed by atoms with van der Waals surface area (Å²) in [6, 6.07) is -0.118. The molecule has 5 heteroatoms. The maximum atomic E-state index is 11.3. The molecule has 0 heterocycles. The van der Waals surface area contributed by atoms with Gasteiger partial charge in [-0.1, -0.05) is 6.92 Å². The Balaban J connectivity index is 2.14. The number of rotatable bonds is 5. The van der Waals surface area contributed by atoms with E-state index in [4.69, 9.17) is 5.11 Å². The van der Waals surface area contributed by atoms with Crippen LogP contribution in [0.4, 0.5) is 4.79 Å². The van der Waals surface area contributed by atoms with Crippen LogP contribution in [0.5, 0.6) is 0 Å². The van der Waals surface area contributed by atoms with Crippen LogP contribution in [-0.4, -0.2) is 30.2 Å². The molecule has 0 aromatic heterocycles. The van der Waals surface area contributed by atoms with Gasteiger partial charge in [0.25, 0.3) is 0 Å². The monoisotopic (exact) mass is 242 g/mol. The molecule has 1 aliphatic rings. The minimum Gasteiger partial charge on any atom is -0.481 e. The van der Waals surface area contributed by atoms with Crippen molar-refractivity contribution in [3.63, 3.8) is 0 Å². The number of urea groups is 1. The normalized spacial score (nSPS) is 24.1. The molecule has 5 nitrogen and oxygen atoms in total. The van der Waals surface area contributed by atoms with Crippen molar-refractivity contribution in [3.8, 4) is 0 Å². The zero-order chi connectivity index (χ0) is 12.7. The van der Waals surface area contributed by atoms with Crippen LogP contribution >= 0.6 is 0 Å². The molecule has 0 aromatic carbocycles. The predicted octanol–water partition coefficient (Wildman–Crippen LogP) is 1.59. The van der Waals surface area contributed by atoms with Gasteiger partial charge in [0.15, 0.2) is 0 Å². The number of carbonyl (C=O) groups is 2. The highest BCUT2D eigenvalue weighted by Gasteiger charge is 2.25. The molecule has 0 aromatic rings. The topological polar surface area (TPSA) is 78.4 Å². The van der Waals surface area contributed by atoms with E-state index in [0.29, 0.717) is 19.0 Å². The van der Waals surface area contributed by atoms with Crippen LogP contribution in [0, 0.1) is 11.8 Å². The Morgan fingerprint density at radius 1 is 1.18 bits per heavy atom. The lowest BCUT2D eigenvalue weighted by Crippen LogP contribution is -2.39. The first-order valence-electron chi connectivity index (χ1n) is 6.38. The lowest BCUT2D eigenvalue weighted by molar-refractivity contribution is -0.143. The summed E-state index contributed by atoms with van der Waals surface area (Å²) < 4.78 is 0. The molecule has 0 spiro atoms.